The largest absolute Gasteiger partial charge is 0.293 e. The Bertz CT molecular complexity index is 1190. The average molecular weight is 366 g/mol. The fourth-order valence-electron chi connectivity index (χ4n) is 3.08. The molecule has 4 rings (SSSR count). The highest BCUT2D eigenvalue weighted by atomic mass is 35.5. The first kappa shape index (κ1) is 16.5. The predicted molar refractivity (Wildman–Crippen MR) is 101 cm³/mol. The Kier molecular flexibility index (Phi) is 3.85. The van der Waals surface area contributed by atoms with E-state index < -0.39 is 0 Å². The van der Waals surface area contributed by atoms with Crippen LogP contribution in [0.5, 0.6) is 0 Å². The van der Waals surface area contributed by atoms with Crippen LogP contribution in [0.25, 0.3) is 28.0 Å². The second-order valence-electron chi connectivity index (χ2n) is 6.17. The van der Waals surface area contributed by atoms with E-state index in [9.17, 15) is 4.79 Å². The third kappa shape index (κ3) is 2.68. The molecule has 26 heavy (non-hydrogen) atoms. The lowest BCUT2D eigenvalue weighted by atomic mass is 10.1. The van der Waals surface area contributed by atoms with Gasteiger partial charge in [-0.3, -0.25) is 9.89 Å². The van der Waals surface area contributed by atoms with Crippen LogP contribution in [0, 0.1) is 20.8 Å². The number of H-pyrrole nitrogens is 1. The van der Waals surface area contributed by atoms with E-state index in [0.717, 1.165) is 28.1 Å². The number of aromatic nitrogens is 5. The van der Waals surface area contributed by atoms with Crippen molar-refractivity contribution in [3.8, 4) is 22.4 Å². The zero-order chi connectivity index (χ0) is 18.4. The van der Waals surface area contributed by atoms with Gasteiger partial charge < -0.3 is 0 Å². The molecule has 0 atom stereocenters. The Hall–Kier alpha value is -2.99. The Morgan fingerprint density at radius 1 is 1.08 bits per heavy atom. The summed E-state index contributed by atoms with van der Waals surface area (Å²) in [6, 6.07) is 8.96. The van der Waals surface area contributed by atoms with Gasteiger partial charge in [0.15, 0.2) is 5.65 Å². The van der Waals surface area contributed by atoms with Crippen LogP contribution in [0.4, 0.5) is 0 Å². The number of nitrogens with one attached hydrogen (secondary N) is 1. The summed E-state index contributed by atoms with van der Waals surface area (Å²) < 4.78 is 1.45. The van der Waals surface area contributed by atoms with Crippen LogP contribution < -0.4 is 5.56 Å². The number of aromatic amines is 1. The minimum Gasteiger partial charge on any atom is -0.293 e. The zero-order valence-electron chi connectivity index (χ0n) is 14.5. The van der Waals surface area contributed by atoms with Crippen molar-refractivity contribution in [3.63, 3.8) is 0 Å². The van der Waals surface area contributed by atoms with E-state index in [1.54, 1.807) is 6.20 Å². The van der Waals surface area contributed by atoms with Crippen molar-refractivity contribution in [2.75, 3.05) is 0 Å². The van der Waals surface area contributed by atoms with Gasteiger partial charge in [0.05, 0.1) is 11.4 Å². The van der Waals surface area contributed by atoms with Crippen molar-refractivity contribution in [1.29, 1.82) is 0 Å². The molecule has 0 saturated heterocycles. The third-order valence-corrected chi connectivity index (χ3v) is 4.56. The summed E-state index contributed by atoms with van der Waals surface area (Å²) in [5.41, 5.74) is 5.12. The van der Waals surface area contributed by atoms with E-state index in [1.807, 2.05) is 45.0 Å². The molecule has 3 aromatic heterocycles. The van der Waals surface area contributed by atoms with Crippen LogP contribution >= 0.6 is 11.6 Å². The van der Waals surface area contributed by atoms with Gasteiger partial charge in [0.25, 0.3) is 5.56 Å². The quantitative estimate of drug-likeness (QED) is 0.587. The number of hydrogen-bond donors (Lipinski definition) is 1. The first-order valence-electron chi connectivity index (χ1n) is 8.13. The molecular weight excluding hydrogens is 350 g/mol. The molecule has 1 aromatic carbocycles. The molecule has 0 radical (unpaired) electrons. The van der Waals surface area contributed by atoms with E-state index in [4.69, 9.17) is 16.6 Å². The van der Waals surface area contributed by atoms with Crippen molar-refractivity contribution in [1.82, 2.24) is 24.6 Å². The third-order valence-electron chi connectivity index (χ3n) is 4.31. The molecule has 0 aliphatic carbocycles. The monoisotopic (exact) mass is 365 g/mol. The second-order valence-corrected chi connectivity index (χ2v) is 6.61. The molecule has 0 spiro atoms. The van der Waals surface area contributed by atoms with Gasteiger partial charge in [0.1, 0.15) is 5.82 Å². The van der Waals surface area contributed by atoms with E-state index in [0.29, 0.717) is 22.2 Å². The summed E-state index contributed by atoms with van der Waals surface area (Å²) in [7, 11) is 0. The lowest BCUT2D eigenvalue weighted by Crippen LogP contribution is -2.14. The molecule has 0 bridgehead atoms. The number of benzene rings is 1. The molecule has 0 unspecified atom stereocenters. The van der Waals surface area contributed by atoms with Gasteiger partial charge in [-0.15, -0.1) is 0 Å². The maximum atomic E-state index is 12.6. The number of nitrogens with zero attached hydrogens (tertiary/aromatic N) is 4. The molecule has 7 heteroatoms. The lowest BCUT2D eigenvalue weighted by molar-refractivity contribution is 0.881. The highest BCUT2D eigenvalue weighted by Crippen LogP contribution is 2.29. The van der Waals surface area contributed by atoms with Gasteiger partial charge in [-0.1, -0.05) is 23.7 Å². The lowest BCUT2D eigenvalue weighted by Gasteiger charge is -2.06. The minimum absolute atomic E-state index is 0.187. The van der Waals surface area contributed by atoms with Gasteiger partial charge in [0.2, 0.25) is 0 Å². The topological polar surface area (TPSA) is 75.9 Å². The molecule has 0 aliphatic heterocycles. The normalized spacial score (nSPS) is 11.2. The van der Waals surface area contributed by atoms with Gasteiger partial charge in [-0.2, -0.15) is 0 Å². The summed E-state index contributed by atoms with van der Waals surface area (Å²) in [5.74, 6) is 0.684. The summed E-state index contributed by atoms with van der Waals surface area (Å²) in [6.45, 7) is 5.63. The van der Waals surface area contributed by atoms with E-state index in [2.05, 4.69) is 15.1 Å². The van der Waals surface area contributed by atoms with Crippen molar-refractivity contribution in [2.24, 2.45) is 0 Å². The number of aryl methyl sites for hydroxylation is 3. The van der Waals surface area contributed by atoms with E-state index in [1.165, 1.54) is 10.6 Å². The van der Waals surface area contributed by atoms with E-state index >= 15 is 0 Å². The zero-order valence-corrected chi connectivity index (χ0v) is 15.3. The average Bonchev–Trinajstić information content (AvgIpc) is 2.92. The number of rotatable bonds is 2. The first-order chi connectivity index (χ1) is 12.4. The number of halogens is 1. The maximum absolute atomic E-state index is 12.6. The molecular formula is C19H16ClN5O. The number of hydrogen-bond acceptors (Lipinski definition) is 4. The fourth-order valence-corrected chi connectivity index (χ4v) is 3.21. The van der Waals surface area contributed by atoms with Gasteiger partial charge in [-0.25, -0.2) is 19.5 Å². The first-order valence-corrected chi connectivity index (χ1v) is 8.51. The molecule has 0 amide bonds. The van der Waals surface area contributed by atoms with Crippen LogP contribution in [0.15, 0.2) is 41.3 Å². The minimum atomic E-state index is -0.187. The molecule has 0 saturated carbocycles. The smallest absolute Gasteiger partial charge is 0.273 e. The van der Waals surface area contributed by atoms with Gasteiger partial charge >= 0.3 is 0 Å². The predicted octanol–water partition coefficient (Wildman–Crippen LogP) is 3.73. The molecule has 1 N–H and O–H groups in total. The molecule has 0 fully saturated rings. The van der Waals surface area contributed by atoms with Crippen LogP contribution in [0.1, 0.15) is 17.2 Å². The molecule has 0 aliphatic rings. The van der Waals surface area contributed by atoms with Crippen molar-refractivity contribution in [3.05, 3.63) is 69.1 Å². The molecule has 3 heterocycles. The summed E-state index contributed by atoms with van der Waals surface area (Å²) >= 11 is 6.00. The molecule has 6 nitrogen and oxygen atoms in total. The highest BCUT2D eigenvalue weighted by molar-refractivity contribution is 6.30. The van der Waals surface area contributed by atoms with Crippen molar-refractivity contribution < 1.29 is 0 Å². The SMILES string of the molecule is Cc1ncc(-c2cc(=O)n3[nH]c(C)c(-c4ccc(Cl)cc4)c3n2)c(C)n1. The molecule has 4 aromatic rings. The fraction of sp³-hybridized carbons (Fsp3) is 0.158. The van der Waals surface area contributed by atoms with Gasteiger partial charge in [0, 0.05) is 34.1 Å². The van der Waals surface area contributed by atoms with Crippen LogP contribution in [-0.4, -0.2) is 24.6 Å². The second kappa shape index (κ2) is 6.07. The van der Waals surface area contributed by atoms with Crippen LogP contribution in [-0.2, 0) is 0 Å². The van der Waals surface area contributed by atoms with Gasteiger partial charge in [-0.05, 0) is 38.5 Å². The Morgan fingerprint density at radius 2 is 1.81 bits per heavy atom. The summed E-state index contributed by atoms with van der Waals surface area (Å²) in [6.07, 6.45) is 1.71. The molecule has 130 valence electrons. The summed E-state index contributed by atoms with van der Waals surface area (Å²) in [5, 5.41) is 3.75. The van der Waals surface area contributed by atoms with E-state index in [-0.39, 0.29) is 5.56 Å². The van der Waals surface area contributed by atoms with Crippen molar-refractivity contribution >= 4 is 17.2 Å². The summed E-state index contributed by atoms with van der Waals surface area (Å²) in [4.78, 5) is 26.0. The van der Waals surface area contributed by atoms with Crippen molar-refractivity contribution in [2.45, 2.75) is 20.8 Å². The Balaban J connectivity index is 2.00. The maximum Gasteiger partial charge on any atom is 0.273 e. The standard InChI is InChI=1S/C19H16ClN5O/c1-10-15(9-21-12(3)22-10)16-8-17(26)25-19(23-16)18(11(2)24-25)13-4-6-14(20)7-5-13/h4-9,24H,1-3H3. The van der Waals surface area contributed by atoms with Crippen LogP contribution in [0.2, 0.25) is 5.02 Å². The number of fused-ring (bicyclic) bond motifs is 1. The van der Waals surface area contributed by atoms with Crippen LogP contribution in [0.3, 0.4) is 0 Å². The Labute approximate surface area is 154 Å². The highest BCUT2D eigenvalue weighted by Gasteiger charge is 2.16. The Morgan fingerprint density at radius 3 is 2.50 bits per heavy atom.